The summed E-state index contributed by atoms with van der Waals surface area (Å²) in [5.74, 6) is 0. The van der Waals surface area contributed by atoms with Gasteiger partial charge in [0, 0.05) is 18.2 Å². The monoisotopic (exact) mass is 297 g/mol. The van der Waals surface area contributed by atoms with Crippen molar-refractivity contribution in [1.29, 1.82) is 0 Å². The van der Waals surface area contributed by atoms with Crippen molar-refractivity contribution in [2.75, 3.05) is 13.2 Å². The van der Waals surface area contributed by atoms with E-state index in [4.69, 9.17) is 28.3 Å². The zero-order chi connectivity index (χ0) is 13.1. The minimum atomic E-state index is -3.65. The van der Waals surface area contributed by atoms with Crippen molar-refractivity contribution in [1.82, 2.24) is 4.72 Å². The van der Waals surface area contributed by atoms with Crippen molar-refractivity contribution < 1.29 is 13.5 Å². The van der Waals surface area contributed by atoms with Gasteiger partial charge in [-0.05, 0) is 31.0 Å². The van der Waals surface area contributed by atoms with Gasteiger partial charge in [0.15, 0.2) is 0 Å². The molecule has 1 aromatic rings. The van der Waals surface area contributed by atoms with Crippen LogP contribution in [0, 0.1) is 6.92 Å². The highest BCUT2D eigenvalue weighted by atomic mass is 35.5. The van der Waals surface area contributed by atoms with Crippen LogP contribution >= 0.6 is 23.2 Å². The van der Waals surface area contributed by atoms with Gasteiger partial charge in [-0.2, -0.15) is 0 Å². The van der Waals surface area contributed by atoms with Gasteiger partial charge in [0.05, 0.1) is 5.02 Å². The van der Waals surface area contributed by atoms with E-state index in [0.717, 1.165) is 0 Å². The van der Waals surface area contributed by atoms with Gasteiger partial charge in [-0.3, -0.25) is 0 Å². The molecule has 0 spiro atoms. The third kappa shape index (κ3) is 3.82. The van der Waals surface area contributed by atoms with E-state index in [2.05, 4.69) is 4.72 Å². The van der Waals surface area contributed by atoms with Crippen LogP contribution < -0.4 is 4.72 Å². The lowest BCUT2D eigenvalue weighted by molar-refractivity contribution is 0.289. The smallest absolute Gasteiger partial charge is 0.242 e. The fourth-order valence-corrected chi connectivity index (χ4v) is 3.10. The molecule has 1 aromatic carbocycles. The summed E-state index contributed by atoms with van der Waals surface area (Å²) in [5.41, 5.74) is 0.638. The number of nitrogens with one attached hydrogen (secondary N) is 1. The first-order chi connectivity index (χ1) is 7.88. The molecule has 0 aliphatic heterocycles. The predicted molar refractivity (Wildman–Crippen MR) is 68.1 cm³/mol. The van der Waals surface area contributed by atoms with Gasteiger partial charge in [-0.1, -0.05) is 23.2 Å². The summed E-state index contributed by atoms with van der Waals surface area (Å²) in [5, 5.41) is 9.09. The summed E-state index contributed by atoms with van der Waals surface area (Å²) >= 11 is 11.7. The van der Waals surface area contributed by atoms with Gasteiger partial charge in [0.25, 0.3) is 0 Å². The number of aliphatic hydroxyl groups is 1. The van der Waals surface area contributed by atoms with Gasteiger partial charge in [0.1, 0.15) is 4.90 Å². The molecule has 0 aliphatic rings. The van der Waals surface area contributed by atoms with Crippen LogP contribution in [0.15, 0.2) is 17.0 Å². The molecule has 1 rings (SSSR count). The minimum Gasteiger partial charge on any atom is -0.396 e. The quantitative estimate of drug-likeness (QED) is 0.817. The third-order valence-electron chi connectivity index (χ3n) is 2.13. The highest BCUT2D eigenvalue weighted by molar-refractivity contribution is 7.89. The van der Waals surface area contributed by atoms with E-state index in [1.54, 1.807) is 6.92 Å². The van der Waals surface area contributed by atoms with Gasteiger partial charge in [0.2, 0.25) is 10.0 Å². The second-order valence-corrected chi connectivity index (χ2v) is 6.06. The second kappa shape index (κ2) is 6.02. The highest BCUT2D eigenvalue weighted by Gasteiger charge is 2.18. The lowest BCUT2D eigenvalue weighted by Crippen LogP contribution is -2.25. The molecule has 0 saturated heterocycles. The first-order valence-corrected chi connectivity index (χ1v) is 7.18. The van der Waals surface area contributed by atoms with Gasteiger partial charge < -0.3 is 5.11 Å². The van der Waals surface area contributed by atoms with Crippen molar-refractivity contribution in [2.24, 2.45) is 0 Å². The lowest BCUT2D eigenvalue weighted by Gasteiger charge is -2.09. The fraction of sp³-hybridized carbons (Fsp3) is 0.400. The number of sulfonamides is 1. The van der Waals surface area contributed by atoms with E-state index in [1.165, 1.54) is 12.1 Å². The first-order valence-electron chi connectivity index (χ1n) is 4.94. The van der Waals surface area contributed by atoms with Crippen molar-refractivity contribution >= 4 is 33.2 Å². The Balaban J connectivity index is 3.03. The Kier molecular flexibility index (Phi) is 5.22. The van der Waals surface area contributed by atoms with E-state index in [9.17, 15) is 8.42 Å². The van der Waals surface area contributed by atoms with Crippen LogP contribution in [0.4, 0.5) is 0 Å². The Morgan fingerprint density at radius 1 is 1.29 bits per heavy atom. The average Bonchev–Trinajstić information content (AvgIpc) is 2.23. The molecule has 17 heavy (non-hydrogen) atoms. The molecule has 0 atom stereocenters. The van der Waals surface area contributed by atoms with Crippen molar-refractivity contribution in [2.45, 2.75) is 18.2 Å². The van der Waals surface area contributed by atoms with E-state index in [1.807, 2.05) is 0 Å². The zero-order valence-corrected chi connectivity index (χ0v) is 11.5. The Labute approximate surface area is 111 Å². The lowest BCUT2D eigenvalue weighted by atomic mass is 10.2. The topological polar surface area (TPSA) is 66.4 Å². The van der Waals surface area contributed by atoms with Crippen LogP contribution in [0.2, 0.25) is 10.0 Å². The maximum Gasteiger partial charge on any atom is 0.242 e. The third-order valence-corrected chi connectivity index (χ3v) is 4.46. The van der Waals surface area contributed by atoms with Crippen LogP contribution in [0.1, 0.15) is 12.0 Å². The van der Waals surface area contributed by atoms with Gasteiger partial charge >= 0.3 is 0 Å². The number of hydrogen-bond acceptors (Lipinski definition) is 3. The summed E-state index contributed by atoms with van der Waals surface area (Å²) < 4.78 is 26.1. The van der Waals surface area contributed by atoms with Crippen LogP contribution in [0.5, 0.6) is 0 Å². The van der Waals surface area contributed by atoms with Crippen LogP contribution in [0.25, 0.3) is 0 Å². The molecule has 0 saturated carbocycles. The predicted octanol–water partition coefficient (Wildman–Crippen LogP) is 1.96. The largest absolute Gasteiger partial charge is 0.396 e. The number of hydrogen-bond donors (Lipinski definition) is 2. The number of aryl methyl sites for hydroxylation is 1. The van der Waals surface area contributed by atoms with Crippen molar-refractivity contribution in [3.8, 4) is 0 Å². The first kappa shape index (κ1) is 14.7. The average molecular weight is 298 g/mol. The van der Waals surface area contributed by atoms with E-state index < -0.39 is 10.0 Å². The summed E-state index contributed by atoms with van der Waals surface area (Å²) in [7, 11) is -3.65. The summed E-state index contributed by atoms with van der Waals surface area (Å²) in [6.07, 6.45) is 0.351. The summed E-state index contributed by atoms with van der Waals surface area (Å²) in [6, 6.07) is 2.82. The van der Waals surface area contributed by atoms with Gasteiger partial charge in [-0.25, -0.2) is 13.1 Å². The van der Waals surface area contributed by atoms with E-state index >= 15 is 0 Å². The molecule has 7 heteroatoms. The number of halogens is 2. The molecule has 0 heterocycles. The van der Waals surface area contributed by atoms with E-state index in [-0.39, 0.29) is 23.1 Å². The summed E-state index contributed by atoms with van der Waals surface area (Å²) in [4.78, 5) is -0.000920. The summed E-state index contributed by atoms with van der Waals surface area (Å²) in [6.45, 7) is 1.79. The molecule has 96 valence electrons. The molecule has 0 aliphatic carbocycles. The maximum absolute atomic E-state index is 11.9. The molecule has 0 amide bonds. The molecule has 0 radical (unpaired) electrons. The van der Waals surface area contributed by atoms with Crippen LogP contribution in [-0.2, 0) is 10.0 Å². The number of benzene rings is 1. The molecular formula is C10H13Cl2NO3S. The Morgan fingerprint density at radius 3 is 2.53 bits per heavy atom. The Hall–Kier alpha value is -0.330. The minimum absolute atomic E-state index is 0.000920. The molecule has 0 bridgehead atoms. The van der Waals surface area contributed by atoms with Crippen LogP contribution in [0.3, 0.4) is 0 Å². The molecular weight excluding hydrogens is 285 g/mol. The standard InChI is InChI=1S/C10H13Cl2NO3S/c1-7-5-10(9(12)6-8(7)11)17(15,16)13-3-2-4-14/h5-6,13-14H,2-4H2,1H3. The normalized spacial score (nSPS) is 11.8. The van der Waals surface area contributed by atoms with Crippen LogP contribution in [-0.4, -0.2) is 26.7 Å². The number of rotatable bonds is 5. The SMILES string of the molecule is Cc1cc(S(=O)(=O)NCCCO)c(Cl)cc1Cl. The molecule has 4 nitrogen and oxygen atoms in total. The molecule has 0 fully saturated rings. The van der Waals surface area contributed by atoms with Gasteiger partial charge in [-0.15, -0.1) is 0 Å². The molecule has 0 aromatic heterocycles. The Bertz CT molecular complexity index is 503. The number of aliphatic hydroxyl groups excluding tert-OH is 1. The molecule has 2 N–H and O–H groups in total. The fourth-order valence-electron chi connectivity index (χ4n) is 1.20. The van der Waals surface area contributed by atoms with E-state index in [0.29, 0.717) is 17.0 Å². The van der Waals surface area contributed by atoms with Crippen molar-refractivity contribution in [3.05, 3.63) is 27.7 Å². The Morgan fingerprint density at radius 2 is 1.94 bits per heavy atom. The molecule has 0 unspecified atom stereocenters. The van der Waals surface area contributed by atoms with Crippen molar-refractivity contribution in [3.63, 3.8) is 0 Å². The highest BCUT2D eigenvalue weighted by Crippen LogP contribution is 2.27. The zero-order valence-electron chi connectivity index (χ0n) is 9.20. The second-order valence-electron chi connectivity index (χ2n) is 3.51. The maximum atomic E-state index is 11.9.